The summed E-state index contributed by atoms with van der Waals surface area (Å²) >= 11 is 0. The van der Waals surface area contributed by atoms with Crippen LogP contribution in [0.25, 0.3) is 0 Å². The first-order valence-electron chi connectivity index (χ1n) is 7.83. The van der Waals surface area contributed by atoms with Crippen LogP contribution in [0, 0.1) is 18.8 Å². The summed E-state index contributed by atoms with van der Waals surface area (Å²) in [4.78, 5) is 14.5. The molecular weight excluding hydrogens is 248 g/mol. The number of rotatable bonds is 2. The lowest BCUT2D eigenvalue weighted by Crippen LogP contribution is -2.42. The average molecular weight is 270 g/mol. The van der Waals surface area contributed by atoms with E-state index in [1.807, 2.05) is 0 Å². The van der Waals surface area contributed by atoms with Crippen molar-refractivity contribution in [1.29, 1.82) is 0 Å². The third-order valence-electron chi connectivity index (χ3n) is 5.43. The molecule has 106 valence electrons. The molecule has 0 spiro atoms. The minimum absolute atomic E-state index is 0.0896. The van der Waals surface area contributed by atoms with E-state index in [-0.39, 0.29) is 12.1 Å². The summed E-state index contributed by atoms with van der Waals surface area (Å²) in [6.45, 7) is 2.61. The summed E-state index contributed by atoms with van der Waals surface area (Å²) in [6, 6.07) is 9.03. The highest BCUT2D eigenvalue weighted by Gasteiger charge is 2.47. The van der Waals surface area contributed by atoms with Crippen LogP contribution in [0.5, 0.6) is 0 Å². The Morgan fingerprint density at radius 2 is 2.15 bits per heavy atom. The molecule has 0 aromatic heterocycles. The number of hydrogen-bond donors (Lipinski definition) is 1. The molecular formula is C17H22N2O. The molecule has 2 bridgehead atoms. The van der Waals surface area contributed by atoms with Gasteiger partial charge in [-0.2, -0.15) is 0 Å². The van der Waals surface area contributed by atoms with Crippen molar-refractivity contribution < 1.29 is 4.79 Å². The van der Waals surface area contributed by atoms with Crippen molar-refractivity contribution in [2.45, 2.75) is 44.8 Å². The van der Waals surface area contributed by atoms with E-state index in [2.05, 4.69) is 41.4 Å². The molecule has 4 atom stereocenters. The lowest BCUT2D eigenvalue weighted by Gasteiger charge is -2.35. The van der Waals surface area contributed by atoms with E-state index in [1.54, 1.807) is 0 Å². The molecule has 1 heterocycles. The van der Waals surface area contributed by atoms with Crippen LogP contribution in [-0.4, -0.2) is 23.4 Å². The van der Waals surface area contributed by atoms with E-state index in [9.17, 15) is 4.79 Å². The third kappa shape index (κ3) is 1.87. The Bertz CT molecular complexity index is 542. The van der Waals surface area contributed by atoms with Crippen molar-refractivity contribution in [1.82, 2.24) is 10.2 Å². The molecule has 1 aliphatic heterocycles. The van der Waals surface area contributed by atoms with Crippen molar-refractivity contribution in [3.05, 3.63) is 35.4 Å². The zero-order valence-electron chi connectivity index (χ0n) is 12.0. The van der Waals surface area contributed by atoms with Gasteiger partial charge in [-0.3, -0.25) is 10.1 Å². The van der Waals surface area contributed by atoms with E-state index in [0.29, 0.717) is 12.6 Å². The van der Waals surface area contributed by atoms with Crippen molar-refractivity contribution in [2.75, 3.05) is 6.54 Å². The van der Waals surface area contributed by atoms with Gasteiger partial charge in [0.25, 0.3) is 0 Å². The molecule has 3 fully saturated rings. The van der Waals surface area contributed by atoms with Gasteiger partial charge in [0, 0.05) is 6.04 Å². The van der Waals surface area contributed by atoms with Crippen molar-refractivity contribution in [3.8, 4) is 0 Å². The Hall–Kier alpha value is -1.35. The molecule has 1 N–H and O–H groups in total. The first kappa shape index (κ1) is 12.4. The summed E-state index contributed by atoms with van der Waals surface area (Å²) in [5.41, 5.74) is 2.50. The van der Waals surface area contributed by atoms with Crippen molar-refractivity contribution in [2.24, 2.45) is 11.8 Å². The van der Waals surface area contributed by atoms with Gasteiger partial charge in [0.05, 0.1) is 6.54 Å². The van der Waals surface area contributed by atoms with Crippen LogP contribution >= 0.6 is 0 Å². The van der Waals surface area contributed by atoms with Gasteiger partial charge >= 0.3 is 0 Å². The molecule has 1 saturated heterocycles. The van der Waals surface area contributed by atoms with Crippen LogP contribution in [0.2, 0.25) is 0 Å². The van der Waals surface area contributed by atoms with E-state index in [0.717, 1.165) is 11.8 Å². The number of benzene rings is 1. The van der Waals surface area contributed by atoms with Crippen LogP contribution in [0.3, 0.4) is 0 Å². The summed E-state index contributed by atoms with van der Waals surface area (Å²) in [5.74, 6) is 1.90. The maximum absolute atomic E-state index is 12.4. The van der Waals surface area contributed by atoms with Crippen LogP contribution < -0.4 is 5.32 Å². The van der Waals surface area contributed by atoms with Crippen LogP contribution in [-0.2, 0) is 4.79 Å². The highest BCUT2D eigenvalue weighted by molar-refractivity contribution is 5.81. The highest BCUT2D eigenvalue weighted by Crippen LogP contribution is 2.48. The summed E-state index contributed by atoms with van der Waals surface area (Å²) in [6.07, 6.45) is 5.35. The Morgan fingerprint density at radius 1 is 1.25 bits per heavy atom. The second kappa shape index (κ2) is 4.59. The van der Waals surface area contributed by atoms with Crippen molar-refractivity contribution in [3.63, 3.8) is 0 Å². The van der Waals surface area contributed by atoms with Crippen LogP contribution in [0.4, 0.5) is 0 Å². The fraction of sp³-hybridized carbons (Fsp3) is 0.588. The standard InChI is InChI=1S/C17H22N2O/c1-11-3-2-4-14(7-11)17-18-10-16(20)19(17)15-9-12-5-6-13(15)8-12/h2-4,7,12-13,15,17-18H,5-6,8-10H2,1H3. The molecule has 2 saturated carbocycles. The zero-order valence-corrected chi connectivity index (χ0v) is 12.0. The van der Waals surface area contributed by atoms with Gasteiger partial charge < -0.3 is 4.90 Å². The fourth-order valence-corrected chi connectivity index (χ4v) is 4.56. The maximum atomic E-state index is 12.4. The molecule has 3 nitrogen and oxygen atoms in total. The van der Waals surface area contributed by atoms with Gasteiger partial charge in [-0.15, -0.1) is 0 Å². The van der Waals surface area contributed by atoms with Gasteiger partial charge in [-0.1, -0.05) is 36.2 Å². The molecule has 3 heteroatoms. The Kier molecular flexibility index (Phi) is 2.84. The molecule has 1 aromatic carbocycles. The van der Waals surface area contributed by atoms with E-state index >= 15 is 0 Å². The number of aryl methyl sites for hydroxylation is 1. The zero-order chi connectivity index (χ0) is 13.7. The second-order valence-corrected chi connectivity index (χ2v) is 6.74. The average Bonchev–Trinajstić information content (AvgIpc) is 3.13. The normalized spacial score (nSPS) is 36.0. The molecule has 4 unspecified atom stereocenters. The highest BCUT2D eigenvalue weighted by atomic mass is 16.2. The van der Waals surface area contributed by atoms with Crippen molar-refractivity contribution >= 4 is 5.91 Å². The molecule has 1 amide bonds. The SMILES string of the molecule is Cc1cccc(C2NCC(=O)N2C2CC3CCC2C3)c1. The lowest BCUT2D eigenvalue weighted by molar-refractivity contribution is -0.131. The number of fused-ring (bicyclic) bond motifs is 2. The first-order valence-corrected chi connectivity index (χ1v) is 7.83. The number of hydrogen-bond acceptors (Lipinski definition) is 2. The Labute approximate surface area is 120 Å². The van der Waals surface area contributed by atoms with Gasteiger partial charge in [-0.05, 0) is 43.6 Å². The minimum Gasteiger partial charge on any atom is -0.319 e. The van der Waals surface area contributed by atoms with Crippen LogP contribution in [0.15, 0.2) is 24.3 Å². The molecule has 20 heavy (non-hydrogen) atoms. The molecule has 0 radical (unpaired) electrons. The van der Waals surface area contributed by atoms with E-state index in [4.69, 9.17) is 0 Å². The predicted molar refractivity (Wildman–Crippen MR) is 78.0 cm³/mol. The maximum Gasteiger partial charge on any atom is 0.238 e. The summed E-state index contributed by atoms with van der Waals surface area (Å²) in [7, 11) is 0. The quantitative estimate of drug-likeness (QED) is 0.896. The number of carbonyl (C=O) groups is 1. The first-order chi connectivity index (χ1) is 9.72. The molecule has 2 aliphatic carbocycles. The number of amides is 1. The fourth-order valence-electron chi connectivity index (χ4n) is 4.56. The lowest BCUT2D eigenvalue weighted by atomic mass is 9.93. The smallest absolute Gasteiger partial charge is 0.238 e. The predicted octanol–water partition coefficient (Wildman–Crippen LogP) is 2.61. The second-order valence-electron chi connectivity index (χ2n) is 6.74. The number of nitrogens with zero attached hydrogens (tertiary/aromatic N) is 1. The number of nitrogens with one attached hydrogen (secondary N) is 1. The molecule has 3 aliphatic rings. The Balaban J connectivity index is 1.64. The van der Waals surface area contributed by atoms with Gasteiger partial charge in [-0.25, -0.2) is 0 Å². The van der Waals surface area contributed by atoms with E-state index in [1.165, 1.54) is 36.8 Å². The van der Waals surface area contributed by atoms with Gasteiger partial charge in [0.1, 0.15) is 6.17 Å². The third-order valence-corrected chi connectivity index (χ3v) is 5.43. The molecule has 4 rings (SSSR count). The Morgan fingerprint density at radius 3 is 2.85 bits per heavy atom. The topological polar surface area (TPSA) is 32.3 Å². The van der Waals surface area contributed by atoms with Gasteiger partial charge in [0.2, 0.25) is 5.91 Å². The monoisotopic (exact) mass is 270 g/mol. The number of carbonyl (C=O) groups excluding carboxylic acids is 1. The van der Waals surface area contributed by atoms with Crippen LogP contribution in [0.1, 0.15) is 43.0 Å². The minimum atomic E-state index is 0.0896. The van der Waals surface area contributed by atoms with Gasteiger partial charge in [0.15, 0.2) is 0 Å². The summed E-state index contributed by atoms with van der Waals surface area (Å²) < 4.78 is 0. The molecule has 1 aromatic rings. The van der Waals surface area contributed by atoms with E-state index < -0.39 is 0 Å². The largest absolute Gasteiger partial charge is 0.319 e. The summed E-state index contributed by atoms with van der Waals surface area (Å²) in [5, 5.41) is 3.41.